The van der Waals surface area contributed by atoms with Crippen LogP contribution >= 0.6 is 0 Å². The van der Waals surface area contributed by atoms with Gasteiger partial charge in [0.15, 0.2) is 5.82 Å². The lowest BCUT2D eigenvalue weighted by Gasteiger charge is -2.11. The maximum absolute atomic E-state index is 11.1. The fraction of sp³-hybridized carbons (Fsp3) is 0.308. The summed E-state index contributed by atoms with van der Waals surface area (Å²) in [7, 11) is 0. The van der Waals surface area contributed by atoms with E-state index < -0.39 is 5.97 Å². The van der Waals surface area contributed by atoms with Crippen LogP contribution in [-0.2, 0) is 6.42 Å². The summed E-state index contributed by atoms with van der Waals surface area (Å²) in [6.07, 6.45) is 0.550. The summed E-state index contributed by atoms with van der Waals surface area (Å²) in [4.78, 5) is 15.2. The number of aromatic carboxylic acids is 1. The number of carboxylic acid groups (broad SMARTS) is 1. The topological polar surface area (TPSA) is 88.2 Å². The molecule has 0 atom stereocenters. The van der Waals surface area contributed by atoms with Crippen molar-refractivity contribution in [2.24, 2.45) is 0 Å². The normalized spacial score (nSPS) is 10.4. The van der Waals surface area contributed by atoms with Gasteiger partial charge in [-0.1, -0.05) is 17.3 Å². The number of aryl methyl sites for hydroxylation is 2. The zero-order valence-electron chi connectivity index (χ0n) is 10.8. The van der Waals surface area contributed by atoms with Crippen LogP contribution in [0.5, 0.6) is 0 Å². The van der Waals surface area contributed by atoms with Gasteiger partial charge in [0.2, 0.25) is 5.89 Å². The molecule has 2 rings (SSSR count). The van der Waals surface area contributed by atoms with Gasteiger partial charge in [0.25, 0.3) is 0 Å². The molecule has 19 heavy (non-hydrogen) atoms. The number of hydrogen-bond donors (Lipinski definition) is 2. The summed E-state index contributed by atoms with van der Waals surface area (Å²) in [5.41, 5.74) is 1.79. The van der Waals surface area contributed by atoms with E-state index in [-0.39, 0.29) is 5.56 Å². The third-order valence-corrected chi connectivity index (χ3v) is 2.71. The van der Waals surface area contributed by atoms with Crippen LogP contribution in [0.15, 0.2) is 22.7 Å². The molecule has 0 aliphatic rings. The van der Waals surface area contributed by atoms with Gasteiger partial charge in [-0.2, -0.15) is 4.98 Å². The number of nitrogens with one attached hydrogen (secondary N) is 1. The standard InChI is InChI=1S/C13H15N3O3/c1-8-4-3-5-10(13(17)18)12(8)14-7-6-11-15-9(2)16-19-11/h3-5,14H,6-7H2,1-2H3,(H,17,18). The molecule has 100 valence electrons. The lowest BCUT2D eigenvalue weighted by Crippen LogP contribution is -2.11. The number of carboxylic acids is 1. The maximum Gasteiger partial charge on any atom is 0.337 e. The molecule has 6 heteroatoms. The van der Waals surface area contributed by atoms with Crippen LogP contribution in [0.1, 0.15) is 27.6 Å². The largest absolute Gasteiger partial charge is 0.478 e. The van der Waals surface area contributed by atoms with Crippen molar-refractivity contribution in [3.8, 4) is 0 Å². The van der Waals surface area contributed by atoms with Gasteiger partial charge in [0.1, 0.15) is 0 Å². The van der Waals surface area contributed by atoms with E-state index in [4.69, 9.17) is 9.63 Å². The summed E-state index contributed by atoms with van der Waals surface area (Å²) in [6, 6.07) is 5.17. The first-order valence-electron chi connectivity index (χ1n) is 5.94. The number of rotatable bonds is 5. The Morgan fingerprint density at radius 1 is 1.42 bits per heavy atom. The van der Waals surface area contributed by atoms with Crippen LogP contribution in [0.2, 0.25) is 0 Å². The van der Waals surface area contributed by atoms with E-state index in [9.17, 15) is 4.79 Å². The molecular formula is C13H15N3O3. The first kappa shape index (κ1) is 13.1. The van der Waals surface area contributed by atoms with E-state index in [1.54, 1.807) is 19.1 Å². The molecular weight excluding hydrogens is 246 g/mol. The zero-order valence-corrected chi connectivity index (χ0v) is 10.8. The van der Waals surface area contributed by atoms with Crippen molar-refractivity contribution in [1.29, 1.82) is 0 Å². The van der Waals surface area contributed by atoms with Gasteiger partial charge in [-0.25, -0.2) is 4.79 Å². The second-order valence-electron chi connectivity index (χ2n) is 4.21. The zero-order chi connectivity index (χ0) is 13.8. The van der Waals surface area contributed by atoms with Gasteiger partial charge in [0, 0.05) is 13.0 Å². The molecule has 1 aromatic carbocycles. The van der Waals surface area contributed by atoms with E-state index in [0.29, 0.717) is 30.4 Å². The Kier molecular flexibility index (Phi) is 3.79. The predicted octanol–water partition coefficient (Wildman–Crippen LogP) is 2.04. The smallest absolute Gasteiger partial charge is 0.337 e. The molecule has 0 fully saturated rings. The number of nitrogens with zero attached hydrogens (tertiary/aromatic N) is 2. The number of benzene rings is 1. The highest BCUT2D eigenvalue weighted by atomic mass is 16.5. The van der Waals surface area contributed by atoms with Crippen LogP contribution in [0.3, 0.4) is 0 Å². The average Bonchev–Trinajstić information content (AvgIpc) is 2.77. The molecule has 6 nitrogen and oxygen atoms in total. The van der Waals surface area contributed by atoms with E-state index in [2.05, 4.69) is 15.5 Å². The van der Waals surface area contributed by atoms with Crippen LogP contribution in [0.4, 0.5) is 5.69 Å². The molecule has 1 aromatic heterocycles. The van der Waals surface area contributed by atoms with E-state index >= 15 is 0 Å². The molecule has 0 aliphatic heterocycles. The van der Waals surface area contributed by atoms with E-state index in [1.807, 2.05) is 13.0 Å². The van der Waals surface area contributed by atoms with Gasteiger partial charge in [-0.15, -0.1) is 0 Å². The Labute approximate surface area is 110 Å². The molecule has 0 aliphatic carbocycles. The Balaban J connectivity index is 2.05. The first-order chi connectivity index (χ1) is 9.08. The van der Waals surface area contributed by atoms with Crippen molar-refractivity contribution in [2.45, 2.75) is 20.3 Å². The molecule has 0 bridgehead atoms. The number of anilines is 1. The third kappa shape index (κ3) is 3.09. The van der Waals surface area contributed by atoms with Crippen molar-refractivity contribution >= 4 is 11.7 Å². The maximum atomic E-state index is 11.1. The van der Waals surface area contributed by atoms with Crippen molar-refractivity contribution in [3.05, 3.63) is 41.0 Å². The number of para-hydroxylation sites is 1. The van der Waals surface area contributed by atoms with Gasteiger partial charge in [-0.05, 0) is 25.5 Å². The average molecular weight is 261 g/mol. The summed E-state index contributed by atoms with van der Waals surface area (Å²) in [5, 5.41) is 15.9. The third-order valence-electron chi connectivity index (χ3n) is 2.71. The minimum atomic E-state index is -0.945. The summed E-state index contributed by atoms with van der Waals surface area (Å²) < 4.78 is 4.99. The van der Waals surface area contributed by atoms with Gasteiger partial charge >= 0.3 is 5.97 Å². The van der Waals surface area contributed by atoms with E-state index in [0.717, 1.165) is 5.56 Å². The Morgan fingerprint density at radius 2 is 2.21 bits per heavy atom. The fourth-order valence-corrected chi connectivity index (χ4v) is 1.82. The van der Waals surface area contributed by atoms with Crippen LogP contribution < -0.4 is 5.32 Å². The Bertz CT molecular complexity index is 593. The first-order valence-corrected chi connectivity index (χ1v) is 5.94. The van der Waals surface area contributed by atoms with Crippen LogP contribution in [0, 0.1) is 13.8 Å². The van der Waals surface area contributed by atoms with E-state index in [1.165, 1.54) is 0 Å². The minimum absolute atomic E-state index is 0.265. The minimum Gasteiger partial charge on any atom is -0.478 e. The second kappa shape index (κ2) is 5.51. The second-order valence-corrected chi connectivity index (χ2v) is 4.21. The lowest BCUT2D eigenvalue weighted by molar-refractivity contribution is 0.0698. The quantitative estimate of drug-likeness (QED) is 0.856. The molecule has 0 saturated heterocycles. The number of aromatic nitrogens is 2. The molecule has 0 saturated carbocycles. The number of hydrogen-bond acceptors (Lipinski definition) is 5. The molecule has 0 amide bonds. The van der Waals surface area contributed by atoms with Gasteiger partial charge in [0.05, 0.1) is 11.3 Å². The van der Waals surface area contributed by atoms with Gasteiger partial charge in [-0.3, -0.25) is 0 Å². The molecule has 0 unspecified atom stereocenters. The Morgan fingerprint density at radius 3 is 2.84 bits per heavy atom. The van der Waals surface area contributed by atoms with Crippen molar-refractivity contribution in [2.75, 3.05) is 11.9 Å². The van der Waals surface area contributed by atoms with Crippen molar-refractivity contribution in [1.82, 2.24) is 10.1 Å². The SMILES string of the molecule is Cc1noc(CCNc2c(C)cccc2C(=O)O)n1. The lowest BCUT2D eigenvalue weighted by atomic mass is 10.1. The Hall–Kier alpha value is -2.37. The highest BCUT2D eigenvalue weighted by molar-refractivity contribution is 5.95. The highest BCUT2D eigenvalue weighted by Crippen LogP contribution is 2.20. The summed E-state index contributed by atoms with van der Waals surface area (Å²) in [6.45, 7) is 4.16. The van der Waals surface area contributed by atoms with Crippen LogP contribution in [-0.4, -0.2) is 27.8 Å². The van der Waals surface area contributed by atoms with Crippen molar-refractivity contribution in [3.63, 3.8) is 0 Å². The molecule has 0 spiro atoms. The van der Waals surface area contributed by atoms with Crippen molar-refractivity contribution < 1.29 is 14.4 Å². The number of carbonyl (C=O) groups is 1. The monoisotopic (exact) mass is 261 g/mol. The van der Waals surface area contributed by atoms with Crippen LogP contribution in [0.25, 0.3) is 0 Å². The molecule has 0 radical (unpaired) electrons. The highest BCUT2D eigenvalue weighted by Gasteiger charge is 2.11. The molecule has 2 N–H and O–H groups in total. The molecule has 1 heterocycles. The summed E-state index contributed by atoms with van der Waals surface area (Å²) in [5.74, 6) is 0.187. The predicted molar refractivity (Wildman–Crippen MR) is 69.4 cm³/mol. The fourth-order valence-electron chi connectivity index (χ4n) is 1.82. The summed E-state index contributed by atoms with van der Waals surface area (Å²) >= 11 is 0. The van der Waals surface area contributed by atoms with Gasteiger partial charge < -0.3 is 14.9 Å². The molecule has 2 aromatic rings.